The summed E-state index contributed by atoms with van der Waals surface area (Å²) < 4.78 is 7.74. The van der Waals surface area contributed by atoms with Gasteiger partial charge < -0.3 is 4.74 Å². The van der Waals surface area contributed by atoms with Crippen LogP contribution < -0.4 is 4.74 Å². The minimum Gasteiger partial charge on any atom is -0.489 e. The molecule has 0 aliphatic carbocycles. The van der Waals surface area contributed by atoms with Gasteiger partial charge in [0.05, 0.1) is 0 Å². The molecule has 0 spiro atoms. The summed E-state index contributed by atoms with van der Waals surface area (Å²) in [5.74, 6) is 1.68. The van der Waals surface area contributed by atoms with Gasteiger partial charge in [0.2, 0.25) is 4.96 Å². The third-order valence-electron chi connectivity index (χ3n) is 3.96. The number of halogens is 1. The van der Waals surface area contributed by atoms with Crippen molar-refractivity contribution in [3.05, 3.63) is 64.9 Å². The lowest BCUT2D eigenvalue weighted by molar-refractivity contribution is 0.306. The second kappa shape index (κ2) is 7.43. The Kier molecular flexibility index (Phi) is 4.86. The molecule has 0 amide bonds. The molecule has 2 heterocycles. The molecule has 0 bridgehead atoms. The van der Waals surface area contributed by atoms with E-state index < -0.39 is 0 Å². The van der Waals surface area contributed by atoms with Gasteiger partial charge in [0, 0.05) is 22.6 Å². The molecular formula is C19H17ClN4OS. The smallest absolute Gasteiger partial charge is 0.234 e. The number of hydrogen-bond donors (Lipinski definition) is 0. The van der Waals surface area contributed by atoms with E-state index in [1.165, 1.54) is 11.3 Å². The second-order valence-corrected chi connectivity index (χ2v) is 7.24. The largest absolute Gasteiger partial charge is 0.489 e. The monoisotopic (exact) mass is 384 g/mol. The van der Waals surface area contributed by atoms with Crippen molar-refractivity contribution >= 4 is 27.9 Å². The number of fused-ring (bicyclic) bond motifs is 1. The summed E-state index contributed by atoms with van der Waals surface area (Å²) in [4.78, 5) is 0.811. The van der Waals surface area contributed by atoms with Crippen molar-refractivity contribution in [3.8, 4) is 16.3 Å². The molecule has 132 valence electrons. The van der Waals surface area contributed by atoms with E-state index >= 15 is 0 Å². The topological polar surface area (TPSA) is 52.3 Å². The van der Waals surface area contributed by atoms with E-state index in [0.717, 1.165) is 45.5 Å². The maximum atomic E-state index is 6.19. The summed E-state index contributed by atoms with van der Waals surface area (Å²) in [5.41, 5.74) is 1.96. The van der Waals surface area contributed by atoms with E-state index in [2.05, 4.69) is 22.2 Å². The predicted molar refractivity (Wildman–Crippen MR) is 104 cm³/mol. The first-order valence-electron chi connectivity index (χ1n) is 8.42. The summed E-state index contributed by atoms with van der Waals surface area (Å²) in [6.07, 6.45) is 1.88. The summed E-state index contributed by atoms with van der Waals surface area (Å²) in [6, 6.07) is 15.6. The molecule has 0 N–H and O–H groups in total. The summed E-state index contributed by atoms with van der Waals surface area (Å²) in [7, 11) is 0. The minimum atomic E-state index is 0.425. The van der Waals surface area contributed by atoms with Crippen LogP contribution in [0.25, 0.3) is 15.5 Å². The van der Waals surface area contributed by atoms with Crippen molar-refractivity contribution < 1.29 is 4.74 Å². The van der Waals surface area contributed by atoms with Crippen LogP contribution in [-0.2, 0) is 13.0 Å². The van der Waals surface area contributed by atoms with Gasteiger partial charge in [0.25, 0.3) is 0 Å². The van der Waals surface area contributed by atoms with Crippen LogP contribution in [0.2, 0.25) is 5.02 Å². The zero-order chi connectivity index (χ0) is 17.9. The zero-order valence-electron chi connectivity index (χ0n) is 14.2. The molecular weight excluding hydrogens is 368 g/mol. The van der Waals surface area contributed by atoms with Crippen LogP contribution in [-0.4, -0.2) is 19.8 Å². The van der Waals surface area contributed by atoms with Gasteiger partial charge in [-0.1, -0.05) is 60.2 Å². The highest BCUT2D eigenvalue weighted by Gasteiger charge is 2.13. The summed E-state index contributed by atoms with van der Waals surface area (Å²) in [5, 5.41) is 14.7. The highest BCUT2D eigenvalue weighted by molar-refractivity contribution is 7.19. The highest BCUT2D eigenvalue weighted by Crippen LogP contribution is 2.29. The van der Waals surface area contributed by atoms with Crippen molar-refractivity contribution in [3.63, 3.8) is 0 Å². The Morgan fingerprint density at radius 1 is 1.12 bits per heavy atom. The quantitative estimate of drug-likeness (QED) is 0.467. The minimum absolute atomic E-state index is 0.425. The number of hydrogen-bond acceptors (Lipinski definition) is 5. The lowest BCUT2D eigenvalue weighted by Crippen LogP contribution is -1.97. The Morgan fingerprint density at radius 3 is 2.85 bits per heavy atom. The predicted octanol–water partition coefficient (Wildman–Crippen LogP) is 5.04. The van der Waals surface area contributed by atoms with Crippen LogP contribution in [0.5, 0.6) is 5.75 Å². The van der Waals surface area contributed by atoms with Crippen molar-refractivity contribution in [1.82, 2.24) is 19.8 Å². The maximum Gasteiger partial charge on any atom is 0.234 e. The number of aryl methyl sites for hydroxylation is 1. The van der Waals surface area contributed by atoms with E-state index in [-0.39, 0.29) is 0 Å². The maximum absolute atomic E-state index is 6.19. The highest BCUT2D eigenvalue weighted by atomic mass is 35.5. The standard InChI is InChI=1S/C19H17ClN4OS/c1-2-6-17-21-22-19-24(17)23-18(26-19)13-8-5-9-15(11-13)25-12-14-7-3-4-10-16(14)20/h3-5,7-11H,2,6,12H2,1H3. The third-order valence-corrected chi connectivity index (χ3v) is 5.28. The molecule has 0 saturated carbocycles. The normalized spacial score (nSPS) is 11.2. The average Bonchev–Trinajstić information content (AvgIpc) is 3.24. The molecule has 0 aliphatic rings. The fraction of sp³-hybridized carbons (Fsp3) is 0.211. The summed E-state index contributed by atoms with van der Waals surface area (Å²) in [6.45, 7) is 2.54. The SMILES string of the molecule is CCCc1nnc2sc(-c3cccc(OCc4ccccc4Cl)c3)nn12. The molecule has 0 unspecified atom stereocenters. The number of ether oxygens (including phenoxy) is 1. The van der Waals surface area contributed by atoms with Crippen LogP contribution in [0.3, 0.4) is 0 Å². The molecule has 7 heteroatoms. The Hall–Kier alpha value is -2.44. The van der Waals surface area contributed by atoms with E-state index in [1.54, 1.807) is 0 Å². The van der Waals surface area contributed by atoms with E-state index in [9.17, 15) is 0 Å². The van der Waals surface area contributed by atoms with Gasteiger partial charge >= 0.3 is 0 Å². The first-order chi connectivity index (χ1) is 12.7. The van der Waals surface area contributed by atoms with Crippen molar-refractivity contribution in [1.29, 1.82) is 0 Å². The van der Waals surface area contributed by atoms with Gasteiger partial charge in [-0.2, -0.15) is 9.61 Å². The van der Waals surface area contributed by atoms with E-state index in [1.807, 2.05) is 53.0 Å². The van der Waals surface area contributed by atoms with E-state index in [4.69, 9.17) is 16.3 Å². The summed E-state index contributed by atoms with van der Waals surface area (Å²) >= 11 is 7.71. The van der Waals surface area contributed by atoms with Gasteiger partial charge in [-0.05, 0) is 24.6 Å². The zero-order valence-corrected chi connectivity index (χ0v) is 15.8. The molecule has 0 saturated heterocycles. The molecule has 2 aromatic carbocycles. The third kappa shape index (κ3) is 3.43. The fourth-order valence-electron chi connectivity index (χ4n) is 2.65. The van der Waals surface area contributed by atoms with Crippen molar-refractivity contribution in [2.75, 3.05) is 0 Å². The second-order valence-electron chi connectivity index (χ2n) is 5.88. The Balaban J connectivity index is 1.56. The van der Waals surface area contributed by atoms with Crippen LogP contribution in [0.1, 0.15) is 24.7 Å². The molecule has 0 aliphatic heterocycles. The Labute approximate surface area is 160 Å². The van der Waals surface area contributed by atoms with E-state index in [0.29, 0.717) is 11.6 Å². The number of nitrogens with zero attached hydrogens (tertiary/aromatic N) is 4. The van der Waals surface area contributed by atoms with Crippen molar-refractivity contribution in [2.24, 2.45) is 0 Å². The lowest BCUT2D eigenvalue weighted by atomic mass is 10.2. The van der Waals surface area contributed by atoms with Crippen LogP contribution in [0, 0.1) is 0 Å². The van der Waals surface area contributed by atoms with Crippen LogP contribution in [0.15, 0.2) is 48.5 Å². The van der Waals surface area contributed by atoms with Gasteiger partial charge in [-0.25, -0.2) is 0 Å². The van der Waals surface area contributed by atoms with Crippen LogP contribution >= 0.6 is 22.9 Å². The first-order valence-corrected chi connectivity index (χ1v) is 9.62. The number of benzene rings is 2. The number of rotatable bonds is 6. The molecule has 0 atom stereocenters. The molecule has 4 aromatic rings. The van der Waals surface area contributed by atoms with Gasteiger partial charge in [-0.15, -0.1) is 10.2 Å². The molecule has 2 aromatic heterocycles. The average molecular weight is 385 g/mol. The van der Waals surface area contributed by atoms with Gasteiger partial charge in [0.1, 0.15) is 17.4 Å². The van der Waals surface area contributed by atoms with Gasteiger partial charge in [0.15, 0.2) is 5.82 Å². The van der Waals surface area contributed by atoms with Crippen LogP contribution in [0.4, 0.5) is 0 Å². The molecule has 5 nitrogen and oxygen atoms in total. The molecule has 4 rings (SSSR count). The first kappa shape index (κ1) is 17.0. The Bertz CT molecular complexity index is 1040. The lowest BCUT2D eigenvalue weighted by Gasteiger charge is -2.08. The molecule has 26 heavy (non-hydrogen) atoms. The van der Waals surface area contributed by atoms with Crippen molar-refractivity contribution in [2.45, 2.75) is 26.4 Å². The Morgan fingerprint density at radius 2 is 2.00 bits per heavy atom. The number of aromatic nitrogens is 4. The molecule has 0 radical (unpaired) electrons. The molecule has 0 fully saturated rings. The van der Waals surface area contributed by atoms with Gasteiger partial charge in [-0.3, -0.25) is 0 Å². The fourth-order valence-corrected chi connectivity index (χ4v) is 3.69.